The van der Waals surface area contributed by atoms with Gasteiger partial charge in [0.05, 0.1) is 10.8 Å². The Morgan fingerprint density at radius 3 is 2.50 bits per heavy atom. The zero-order chi connectivity index (χ0) is 23.5. The van der Waals surface area contributed by atoms with Crippen molar-refractivity contribution in [3.8, 4) is 0 Å². The standard InChI is InChI=1S/C24H31N3O4S/c1-16(2)25-23(28)20-8-6-12-27(15-20)24(29)19-7-5-9-21(14-19)26-32(30,31)22-11-10-17(3)18(4)13-22/h5,7,9-11,13-14,16,20,26H,6,8,12,15H2,1-4H3,(H,25,28)/t20-/m0/s1. The van der Waals surface area contributed by atoms with Gasteiger partial charge in [0.1, 0.15) is 0 Å². The van der Waals surface area contributed by atoms with E-state index in [-0.39, 0.29) is 28.7 Å². The van der Waals surface area contributed by atoms with Gasteiger partial charge in [-0.05, 0) is 82.0 Å². The summed E-state index contributed by atoms with van der Waals surface area (Å²) in [4.78, 5) is 27.3. The highest BCUT2D eigenvalue weighted by atomic mass is 32.2. The Balaban J connectivity index is 1.74. The zero-order valence-corrected chi connectivity index (χ0v) is 19.8. The van der Waals surface area contributed by atoms with Crippen LogP contribution in [0.3, 0.4) is 0 Å². The third kappa shape index (κ3) is 5.68. The Bertz CT molecular complexity index is 1110. The maximum Gasteiger partial charge on any atom is 0.261 e. The average molecular weight is 458 g/mol. The first kappa shape index (κ1) is 23.8. The Labute approximate surface area is 190 Å². The Hall–Kier alpha value is -2.87. The molecule has 0 unspecified atom stereocenters. The number of amides is 2. The number of sulfonamides is 1. The molecule has 1 atom stereocenters. The molecule has 1 aliphatic heterocycles. The van der Waals surface area contributed by atoms with Gasteiger partial charge in [0, 0.05) is 30.4 Å². The second-order valence-corrected chi connectivity index (χ2v) is 10.4. The highest BCUT2D eigenvalue weighted by molar-refractivity contribution is 7.92. The van der Waals surface area contributed by atoms with E-state index in [4.69, 9.17) is 0 Å². The number of nitrogens with one attached hydrogen (secondary N) is 2. The molecule has 0 saturated carbocycles. The normalized spacial score (nSPS) is 16.7. The molecular formula is C24H31N3O4S. The summed E-state index contributed by atoms with van der Waals surface area (Å²) < 4.78 is 28.2. The number of carbonyl (C=O) groups excluding carboxylic acids is 2. The summed E-state index contributed by atoms with van der Waals surface area (Å²) in [5.74, 6) is -0.478. The third-order valence-electron chi connectivity index (χ3n) is 5.66. The van der Waals surface area contributed by atoms with Crippen LogP contribution in [0, 0.1) is 19.8 Å². The molecule has 7 nitrogen and oxygen atoms in total. The molecule has 1 aliphatic rings. The van der Waals surface area contributed by atoms with Gasteiger partial charge in [0.25, 0.3) is 15.9 Å². The first-order valence-corrected chi connectivity index (χ1v) is 12.3. The molecule has 0 spiro atoms. The predicted octanol–water partition coefficient (Wildman–Crippen LogP) is 3.48. The molecular weight excluding hydrogens is 426 g/mol. The summed E-state index contributed by atoms with van der Waals surface area (Å²) in [6.45, 7) is 8.54. The fourth-order valence-corrected chi connectivity index (χ4v) is 4.91. The number of piperidine rings is 1. The summed E-state index contributed by atoms with van der Waals surface area (Å²) in [5.41, 5.74) is 2.60. The van der Waals surface area contributed by atoms with E-state index in [0.29, 0.717) is 24.3 Å². The second-order valence-electron chi connectivity index (χ2n) is 8.69. The number of likely N-dealkylation sites (tertiary alicyclic amines) is 1. The van der Waals surface area contributed by atoms with Gasteiger partial charge in [-0.3, -0.25) is 14.3 Å². The molecule has 8 heteroatoms. The van der Waals surface area contributed by atoms with Crippen LogP contribution >= 0.6 is 0 Å². The number of carbonyl (C=O) groups is 2. The smallest absolute Gasteiger partial charge is 0.261 e. The second kappa shape index (κ2) is 9.73. The summed E-state index contributed by atoms with van der Waals surface area (Å²) in [5, 5.41) is 2.92. The van der Waals surface area contributed by atoms with E-state index in [2.05, 4.69) is 10.0 Å². The Morgan fingerprint density at radius 2 is 1.81 bits per heavy atom. The van der Waals surface area contributed by atoms with Gasteiger partial charge in [-0.25, -0.2) is 8.42 Å². The molecule has 0 aromatic heterocycles. The van der Waals surface area contributed by atoms with Gasteiger partial charge in [-0.15, -0.1) is 0 Å². The minimum absolute atomic E-state index is 0.0348. The SMILES string of the molecule is Cc1ccc(S(=O)(=O)Nc2cccc(C(=O)N3CCC[C@H](C(=O)NC(C)C)C3)c2)cc1C. The van der Waals surface area contributed by atoms with Gasteiger partial charge in [-0.2, -0.15) is 0 Å². The van der Waals surface area contributed by atoms with E-state index in [1.807, 2.05) is 27.7 Å². The Kier molecular flexibility index (Phi) is 7.23. The van der Waals surface area contributed by atoms with E-state index < -0.39 is 10.0 Å². The molecule has 0 bridgehead atoms. The Morgan fingerprint density at radius 1 is 1.06 bits per heavy atom. The van der Waals surface area contributed by atoms with Crippen molar-refractivity contribution in [2.45, 2.75) is 51.5 Å². The van der Waals surface area contributed by atoms with E-state index in [0.717, 1.165) is 24.0 Å². The van der Waals surface area contributed by atoms with E-state index in [1.54, 1.807) is 47.4 Å². The van der Waals surface area contributed by atoms with Crippen molar-refractivity contribution in [1.82, 2.24) is 10.2 Å². The molecule has 3 rings (SSSR count). The van der Waals surface area contributed by atoms with Crippen LogP contribution < -0.4 is 10.0 Å². The highest BCUT2D eigenvalue weighted by Crippen LogP contribution is 2.22. The molecule has 172 valence electrons. The lowest BCUT2D eigenvalue weighted by Crippen LogP contribution is -2.46. The number of rotatable bonds is 6. The average Bonchev–Trinajstić information content (AvgIpc) is 2.74. The minimum atomic E-state index is -3.78. The lowest BCUT2D eigenvalue weighted by atomic mass is 9.96. The highest BCUT2D eigenvalue weighted by Gasteiger charge is 2.29. The monoisotopic (exact) mass is 457 g/mol. The van der Waals surface area contributed by atoms with Crippen LogP contribution in [0.5, 0.6) is 0 Å². The number of hydrogen-bond donors (Lipinski definition) is 2. The van der Waals surface area contributed by atoms with E-state index >= 15 is 0 Å². The van der Waals surface area contributed by atoms with Crippen LogP contribution in [0.1, 0.15) is 48.2 Å². The first-order chi connectivity index (χ1) is 15.1. The van der Waals surface area contributed by atoms with Gasteiger partial charge >= 0.3 is 0 Å². The van der Waals surface area contributed by atoms with Gasteiger partial charge in [0.15, 0.2) is 0 Å². The fourth-order valence-electron chi connectivity index (χ4n) is 3.77. The number of benzene rings is 2. The topological polar surface area (TPSA) is 95.6 Å². The van der Waals surface area contributed by atoms with Gasteiger partial charge in [-0.1, -0.05) is 12.1 Å². The van der Waals surface area contributed by atoms with Crippen molar-refractivity contribution in [2.24, 2.45) is 5.92 Å². The van der Waals surface area contributed by atoms with Crippen LogP contribution in [0.25, 0.3) is 0 Å². The predicted molar refractivity (Wildman–Crippen MR) is 125 cm³/mol. The quantitative estimate of drug-likeness (QED) is 0.694. The van der Waals surface area contributed by atoms with E-state index in [9.17, 15) is 18.0 Å². The van der Waals surface area contributed by atoms with Crippen LogP contribution in [0.2, 0.25) is 0 Å². The first-order valence-electron chi connectivity index (χ1n) is 10.9. The molecule has 0 aliphatic carbocycles. The maximum absolute atomic E-state index is 13.1. The maximum atomic E-state index is 13.1. The molecule has 32 heavy (non-hydrogen) atoms. The number of aryl methyl sites for hydroxylation is 2. The van der Waals surface area contributed by atoms with Crippen molar-refractivity contribution >= 4 is 27.5 Å². The lowest BCUT2D eigenvalue weighted by Gasteiger charge is -2.32. The van der Waals surface area contributed by atoms with Crippen LogP contribution in [0.15, 0.2) is 47.4 Å². The molecule has 1 saturated heterocycles. The van der Waals surface area contributed by atoms with E-state index in [1.165, 1.54) is 0 Å². The van der Waals surface area contributed by atoms with Gasteiger partial charge < -0.3 is 10.2 Å². The molecule has 2 N–H and O–H groups in total. The molecule has 2 aromatic rings. The molecule has 2 amide bonds. The van der Waals surface area contributed by atoms with Crippen molar-refractivity contribution in [2.75, 3.05) is 17.8 Å². The van der Waals surface area contributed by atoms with Crippen LogP contribution in [-0.2, 0) is 14.8 Å². The molecule has 1 heterocycles. The van der Waals surface area contributed by atoms with Crippen molar-refractivity contribution in [1.29, 1.82) is 0 Å². The van der Waals surface area contributed by atoms with Crippen LogP contribution in [-0.4, -0.2) is 44.3 Å². The number of nitrogens with zero attached hydrogens (tertiary/aromatic N) is 1. The lowest BCUT2D eigenvalue weighted by molar-refractivity contribution is -0.126. The summed E-state index contributed by atoms with van der Waals surface area (Å²) in [7, 11) is -3.78. The molecule has 1 fully saturated rings. The molecule has 2 aromatic carbocycles. The summed E-state index contributed by atoms with van der Waals surface area (Å²) >= 11 is 0. The number of hydrogen-bond acceptors (Lipinski definition) is 4. The minimum Gasteiger partial charge on any atom is -0.354 e. The van der Waals surface area contributed by atoms with Crippen molar-refractivity contribution in [3.63, 3.8) is 0 Å². The third-order valence-corrected chi connectivity index (χ3v) is 7.04. The van der Waals surface area contributed by atoms with Crippen molar-refractivity contribution < 1.29 is 18.0 Å². The van der Waals surface area contributed by atoms with Crippen molar-refractivity contribution in [3.05, 3.63) is 59.2 Å². The van der Waals surface area contributed by atoms with Crippen LogP contribution in [0.4, 0.5) is 5.69 Å². The fraction of sp³-hybridized carbons (Fsp3) is 0.417. The molecule has 0 radical (unpaired) electrons. The zero-order valence-electron chi connectivity index (χ0n) is 19.0. The summed E-state index contributed by atoms with van der Waals surface area (Å²) in [6.07, 6.45) is 1.50. The number of anilines is 1. The largest absolute Gasteiger partial charge is 0.354 e. The summed E-state index contributed by atoms with van der Waals surface area (Å²) in [6, 6.07) is 11.5. The van der Waals surface area contributed by atoms with Gasteiger partial charge in [0.2, 0.25) is 5.91 Å².